The average molecular weight is 274 g/mol. The van der Waals surface area contributed by atoms with Crippen molar-refractivity contribution in [1.82, 2.24) is 4.90 Å². The Hall–Kier alpha value is -1.35. The van der Waals surface area contributed by atoms with Crippen LogP contribution in [0, 0.1) is 5.92 Å². The van der Waals surface area contributed by atoms with Crippen LogP contribution >= 0.6 is 0 Å². The van der Waals surface area contributed by atoms with E-state index in [4.69, 9.17) is 5.73 Å². The molecule has 2 N–H and O–H groups in total. The SMILES string of the molecule is CCC[C@H](N)C(=O)N(Cc1ccccc1)C(C)C1CC1. The zero-order valence-electron chi connectivity index (χ0n) is 12.6. The minimum Gasteiger partial charge on any atom is -0.334 e. The van der Waals surface area contributed by atoms with Crippen molar-refractivity contribution in [2.45, 2.75) is 58.2 Å². The number of benzene rings is 1. The molecule has 2 rings (SSSR count). The summed E-state index contributed by atoms with van der Waals surface area (Å²) in [6.45, 7) is 4.91. The summed E-state index contributed by atoms with van der Waals surface area (Å²) in [5.41, 5.74) is 7.23. The summed E-state index contributed by atoms with van der Waals surface area (Å²) in [7, 11) is 0. The number of amides is 1. The monoisotopic (exact) mass is 274 g/mol. The lowest BCUT2D eigenvalue weighted by atomic mass is 10.1. The van der Waals surface area contributed by atoms with Crippen molar-refractivity contribution in [1.29, 1.82) is 0 Å². The number of hydrogen-bond acceptors (Lipinski definition) is 2. The highest BCUT2D eigenvalue weighted by Gasteiger charge is 2.35. The number of carbonyl (C=O) groups excluding carboxylic acids is 1. The fraction of sp³-hybridized carbons (Fsp3) is 0.588. The molecule has 1 aliphatic carbocycles. The first-order valence-corrected chi connectivity index (χ1v) is 7.73. The smallest absolute Gasteiger partial charge is 0.240 e. The maximum Gasteiger partial charge on any atom is 0.240 e. The maximum absolute atomic E-state index is 12.6. The van der Waals surface area contributed by atoms with Crippen molar-refractivity contribution in [2.24, 2.45) is 11.7 Å². The van der Waals surface area contributed by atoms with E-state index >= 15 is 0 Å². The van der Waals surface area contributed by atoms with Crippen molar-refractivity contribution in [3.8, 4) is 0 Å². The van der Waals surface area contributed by atoms with E-state index in [2.05, 4.69) is 26.0 Å². The van der Waals surface area contributed by atoms with E-state index in [1.807, 2.05) is 23.1 Å². The predicted octanol–water partition coefficient (Wildman–Crippen LogP) is 2.94. The van der Waals surface area contributed by atoms with Gasteiger partial charge in [0, 0.05) is 12.6 Å². The fourth-order valence-corrected chi connectivity index (χ4v) is 2.68. The summed E-state index contributed by atoms with van der Waals surface area (Å²) >= 11 is 0. The minimum absolute atomic E-state index is 0.107. The molecule has 0 aromatic heterocycles. The van der Waals surface area contributed by atoms with Crippen molar-refractivity contribution in [3.05, 3.63) is 35.9 Å². The normalized spacial score (nSPS) is 17.6. The fourth-order valence-electron chi connectivity index (χ4n) is 2.68. The van der Waals surface area contributed by atoms with E-state index in [0.717, 1.165) is 12.8 Å². The van der Waals surface area contributed by atoms with Crippen LogP contribution in [0.25, 0.3) is 0 Å². The first-order chi connectivity index (χ1) is 9.63. The van der Waals surface area contributed by atoms with Crippen LogP contribution in [0.3, 0.4) is 0 Å². The van der Waals surface area contributed by atoms with E-state index in [-0.39, 0.29) is 11.9 Å². The van der Waals surface area contributed by atoms with Gasteiger partial charge in [-0.3, -0.25) is 4.79 Å². The Labute approximate surface area is 122 Å². The number of rotatable bonds is 7. The molecule has 1 unspecified atom stereocenters. The van der Waals surface area contributed by atoms with Gasteiger partial charge in [-0.2, -0.15) is 0 Å². The molecule has 1 saturated carbocycles. The van der Waals surface area contributed by atoms with Gasteiger partial charge in [-0.15, -0.1) is 0 Å². The Balaban J connectivity index is 2.09. The molecule has 3 heteroatoms. The van der Waals surface area contributed by atoms with Gasteiger partial charge in [0.1, 0.15) is 0 Å². The molecular formula is C17H26N2O. The van der Waals surface area contributed by atoms with Crippen LogP contribution in [0.15, 0.2) is 30.3 Å². The van der Waals surface area contributed by atoms with Crippen LogP contribution in [-0.4, -0.2) is 22.9 Å². The Morgan fingerprint density at radius 2 is 2.00 bits per heavy atom. The number of nitrogens with zero attached hydrogens (tertiary/aromatic N) is 1. The third-order valence-corrected chi connectivity index (χ3v) is 4.19. The highest BCUT2D eigenvalue weighted by molar-refractivity contribution is 5.82. The molecule has 1 aliphatic rings. The minimum atomic E-state index is -0.357. The van der Waals surface area contributed by atoms with Gasteiger partial charge in [-0.25, -0.2) is 0 Å². The molecule has 110 valence electrons. The van der Waals surface area contributed by atoms with Gasteiger partial charge in [0.15, 0.2) is 0 Å². The molecule has 1 amide bonds. The molecule has 1 fully saturated rings. The summed E-state index contributed by atoms with van der Waals surface area (Å²) in [6, 6.07) is 10.1. The molecule has 20 heavy (non-hydrogen) atoms. The lowest BCUT2D eigenvalue weighted by molar-refractivity contribution is -0.136. The molecular weight excluding hydrogens is 248 g/mol. The van der Waals surface area contributed by atoms with Gasteiger partial charge in [0.25, 0.3) is 0 Å². The van der Waals surface area contributed by atoms with Gasteiger partial charge >= 0.3 is 0 Å². The molecule has 0 spiro atoms. The lowest BCUT2D eigenvalue weighted by Gasteiger charge is -2.32. The first-order valence-electron chi connectivity index (χ1n) is 7.73. The topological polar surface area (TPSA) is 46.3 Å². The van der Waals surface area contributed by atoms with Gasteiger partial charge < -0.3 is 10.6 Å². The number of carbonyl (C=O) groups is 1. The Bertz CT molecular complexity index is 428. The summed E-state index contributed by atoms with van der Waals surface area (Å²) in [5, 5.41) is 0. The molecule has 0 aliphatic heterocycles. The van der Waals surface area contributed by atoms with Crippen molar-refractivity contribution < 1.29 is 4.79 Å². The van der Waals surface area contributed by atoms with E-state index in [9.17, 15) is 4.79 Å². The molecule has 3 nitrogen and oxygen atoms in total. The van der Waals surface area contributed by atoms with Crippen LogP contribution in [0.1, 0.15) is 45.1 Å². The molecule has 1 aromatic rings. The van der Waals surface area contributed by atoms with Crippen LogP contribution in [-0.2, 0) is 11.3 Å². The highest BCUT2D eigenvalue weighted by atomic mass is 16.2. The Morgan fingerprint density at radius 3 is 2.55 bits per heavy atom. The average Bonchev–Trinajstić information content (AvgIpc) is 3.29. The summed E-state index contributed by atoms with van der Waals surface area (Å²) in [5.74, 6) is 0.770. The second kappa shape index (κ2) is 6.89. The summed E-state index contributed by atoms with van der Waals surface area (Å²) in [4.78, 5) is 14.6. The van der Waals surface area contributed by atoms with Gasteiger partial charge in [-0.05, 0) is 37.7 Å². The molecule has 1 aromatic carbocycles. The standard InChI is InChI=1S/C17H26N2O/c1-3-7-16(18)17(20)19(13(2)15-10-11-15)12-14-8-5-4-6-9-14/h4-6,8-9,13,15-16H,3,7,10-12,18H2,1-2H3/t13?,16-/m0/s1. The molecule has 0 radical (unpaired) electrons. The third-order valence-electron chi connectivity index (χ3n) is 4.19. The zero-order chi connectivity index (χ0) is 14.5. The third kappa shape index (κ3) is 3.83. The van der Waals surface area contributed by atoms with Gasteiger partial charge in [-0.1, -0.05) is 43.7 Å². The van der Waals surface area contributed by atoms with Crippen molar-refractivity contribution in [3.63, 3.8) is 0 Å². The Morgan fingerprint density at radius 1 is 1.35 bits per heavy atom. The molecule has 0 saturated heterocycles. The van der Waals surface area contributed by atoms with E-state index in [1.165, 1.54) is 18.4 Å². The second-order valence-electron chi connectivity index (χ2n) is 5.92. The van der Waals surface area contributed by atoms with E-state index in [0.29, 0.717) is 18.5 Å². The maximum atomic E-state index is 12.6. The van der Waals surface area contributed by atoms with Crippen molar-refractivity contribution >= 4 is 5.91 Å². The first kappa shape index (κ1) is 15.0. The largest absolute Gasteiger partial charge is 0.334 e. The van der Waals surface area contributed by atoms with Crippen LogP contribution in [0.4, 0.5) is 0 Å². The quantitative estimate of drug-likeness (QED) is 0.831. The molecule has 0 bridgehead atoms. The lowest BCUT2D eigenvalue weighted by Crippen LogP contribution is -2.48. The van der Waals surface area contributed by atoms with Gasteiger partial charge in [0.05, 0.1) is 6.04 Å². The summed E-state index contributed by atoms with van der Waals surface area (Å²) < 4.78 is 0. The number of nitrogens with two attached hydrogens (primary N) is 1. The molecule has 0 heterocycles. The van der Waals surface area contributed by atoms with E-state index < -0.39 is 0 Å². The predicted molar refractivity (Wildman–Crippen MR) is 82.1 cm³/mol. The van der Waals surface area contributed by atoms with Crippen molar-refractivity contribution in [2.75, 3.05) is 0 Å². The van der Waals surface area contributed by atoms with E-state index in [1.54, 1.807) is 0 Å². The zero-order valence-corrected chi connectivity index (χ0v) is 12.6. The highest BCUT2D eigenvalue weighted by Crippen LogP contribution is 2.36. The second-order valence-corrected chi connectivity index (χ2v) is 5.92. The number of hydrogen-bond donors (Lipinski definition) is 1. The van der Waals surface area contributed by atoms with Gasteiger partial charge in [0.2, 0.25) is 5.91 Å². The molecule has 2 atom stereocenters. The van der Waals surface area contributed by atoms with Crippen LogP contribution in [0.5, 0.6) is 0 Å². The Kier molecular flexibility index (Phi) is 5.18. The van der Waals surface area contributed by atoms with Crippen LogP contribution < -0.4 is 5.73 Å². The summed E-state index contributed by atoms with van der Waals surface area (Å²) in [6.07, 6.45) is 4.19. The van der Waals surface area contributed by atoms with Crippen LogP contribution in [0.2, 0.25) is 0 Å².